The Balaban J connectivity index is 1.81. The summed E-state index contributed by atoms with van der Waals surface area (Å²) in [5.41, 5.74) is -0.950. The molecule has 4 aliphatic carbocycles. The molecule has 3 fully saturated rings. The van der Waals surface area contributed by atoms with Gasteiger partial charge in [0.25, 0.3) is 0 Å². The SMILES string of the molecule is C[C@]12C=CC(=O)C=C1[C@@H](C(F)(F)F)C[C@@H]1[C@@H]2CC[C@]2(C)C(=O)CC[C@@H]12. The van der Waals surface area contributed by atoms with Crippen LogP contribution in [-0.2, 0) is 9.59 Å². The van der Waals surface area contributed by atoms with Crippen molar-refractivity contribution in [1.29, 1.82) is 0 Å². The summed E-state index contributed by atoms with van der Waals surface area (Å²) >= 11 is 0. The topological polar surface area (TPSA) is 34.1 Å². The molecule has 0 bridgehead atoms. The summed E-state index contributed by atoms with van der Waals surface area (Å²) in [5, 5.41) is 0. The van der Waals surface area contributed by atoms with Crippen LogP contribution in [0.1, 0.15) is 46.0 Å². The molecular weight excluding hydrogens is 329 g/mol. The average Bonchev–Trinajstić information content (AvgIpc) is 2.82. The van der Waals surface area contributed by atoms with Crippen LogP contribution in [0.25, 0.3) is 0 Å². The number of allylic oxidation sites excluding steroid dienone is 4. The molecule has 0 heterocycles. The molecule has 0 saturated heterocycles. The predicted octanol–water partition coefficient (Wildman–Crippen LogP) is 4.65. The Labute approximate surface area is 145 Å². The first-order valence-corrected chi connectivity index (χ1v) is 9.12. The van der Waals surface area contributed by atoms with Gasteiger partial charge in [-0.25, -0.2) is 0 Å². The quantitative estimate of drug-likeness (QED) is 0.636. The maximum absolute atomic E-state index is 13.8. The van der Waals surface area contributed by atoms with Gasteiger partial charge in [-0.05, 0) is 61.2 Å². The molecule has 0 spiro atoms. The maximum Gasteiger partial charge on any atom is 0.395 e. The fourth-order valence-corrected chi connectivity index (χ4v) is 6.36. The predicted molar refractivity (Wildman–Crippen MR) is 86.6 cm³/mol. The van der Waals surface area contributed by atoms with E-state index in [1.807, 2.05) is 13.8 Å². The van der Waals surface area contributed by atoms with Gasteiger partial charge in [-0.15, -0.1) is 0 Å². The van der Waals surface area contributed by atoms with E-state index < -0.39 is 22.9 Å². The molecule has 0 unspecified atom stereocenters. The normalized spacial score (nSPS) is 46.4. The van der Waals surface area contributed by atoms with Crippen LogP contribution < -0.4 is 0 Å². The Hall–Kier alpha value is -1.39. The number of hydrogen-bond donors (Lipinski definition) is 0. The van der Waals surface area contributed by atoms with Crippen LogP contribution in [-0.4, -0.2) is 17.7 Å². The van der Waals surface area contributed by atoms with Crippen LogP contribution in [0.3, 0.4) is 0 Å². The molecule has 25 heavy (non-hydrogen) atoms. The number of carbonyl (C=O) groups is 2. The number of carbonyl (C=O) groups excluding carboxylic acids is 2. The first kappa shape index (κ1) is 17.0. The van der Waals surface area contributed by atoms with Gasteiger partial charge in [-0.3, -0.25) is 9.59 Å². The van der Waals surface area contributed by atoms with Crippen LogP contribution >= 0.6 is 0 Å². The van der Waals surface area contributed by atoms with Gasteiger partial charge in [-0.2, -0.15) is 13.2 Å². The highest BCUT2D eigenvalue weighted by molar-refractivity contribution is 6.01. The van der Waals surface area contributed by atoms with Crippen molar-refractivity contribution in [3.8, 4) is 0 Å². The second-order valence-corrected chi connectivity index (χ2v) is 8.74. The summed E-state index contributed by atoms with van der Waals surface area (Å²) in [6, 6.07) is 0. The molecule has 0 aromatic rings. The van der Waals surface area contributed by atoms with E-state index in [2.05, 4.69) is 0 Å². The van der Waals surface area contributed by atoms with Crippen molar-refractivity contribution in [1.82, 2.24) is 0 Å². The van der Waals surface area contributed by atoms with Crippen molar-refractivity contribution in [2.75, 3.05) is 0 Å². The number of hydrogen-bond acceptors (Lipinski definition) is 2. The molecule has 0 radical (unpaired) electrons. The summed E-state index contributed by atoms with van der Waals surface area (Å²) in [6.45, 7) is 3.82. The van der Waals surface area contributed by atoms with E-state index in [1.54, 1.807) is 6.08 Å². The van der Waals surface area contributed by atoms with E-state index in [0.717, 1.165) is 12.8 Å². The maximum atomic E-state index is 13.8. The fraction of sp³-hybridized carbons (Fsp3) is 0.700. The highest BCUT2D eigenvalue weighted by Crippen LogP contribution is 2.66. The standard InChI is InChI=1S/C20H23F3O2/c1-18-7-5-11(24)9-15(18)16(20(21,22)23)10-12-13-3-4-17(25)19(13,2)8-6-14(12)18/h5,7,9,12-14,16H,3-4,6,8,10H2,1-2H3/t12-,13-,14-,16-,18+,19-/m0/s1. The zero-order valence-corrected chi connectivity index (χ0v) is 14.5. The van der Waals surface area contributed by atoms with Gasteiger partial charge >= 0.3 is 6.18 Å². The van der Waals surface area contributed by atoms with Gasteiger partial charge in [0.15, 0.2) is 5.78 Å². The second-order valence-electron chi connectivity index (χ2n) is 8.74. The minimum atomic E-state index is -4.36. The zero-order chi connectivity index (χ0) is 18.2. The Morgan fingerprint density at radius 1 is 1.12 bits per heavy atom. The van der Waals surface area contributed by atoms with Gasteiger partial charge in [0.05, 0.1) is 5.92 Å². The molecule has 0 amide bonds. The van der Waals surface area contributed by atoms with E-state index in [0.29, 0.717) is 12.8 Å². The summed E-state index contributed by atoms with van der Waals surface area (Å²) in [6.07, 6.45) is 2.71. The monoisotopic (exact) mass is 352 g/mol. The molecule has 0 N–H and O–H groups in total. The van der Waals surface area contributed by atoms with E-state index in [4.69, 9.17) is 0 Å². The van der Waals surface area contributed by atoms with E-state index in [9.17, 15) is 22.8 Å². The van der Waals surface area contributed by atoms with E-state index in [-0.39, 0.29) is 41.3 Å². The van der Waals surface area contributed by atoms with Crippen molar-refractivity contribution < 1.29 is 22.8 Å². The second kappa shape index (κ2) is 5.08. The Bertz CT molecular complexity index is 704. The summed E-state index contributed by atoms with van der Waals surface area (Å²) in [7, 11) is 0. The van der Waals surface area contributed by atoms with Crippen LogP contribution in [0.4, 0.5) is 13.2 Å². The number of rotatable bonds is 0. The molecule has 6 atom stereocenters. The molecule has 0 aromatic heterocycles. The molecule has 4 rings (SSSR count). The average molecular weight is 352 g/mol. The third kappa shape index (κ3) is 2.23. The first-order valence-electron chi connectivity index (χ1n) is 9.12. The van der Waals surface area contributed by atoms with Gasteiger partial charge in [-0.1, -0.05) is 19.9 Å². The lowest BCUT2D eigenvalue weighted by molar-refractivity contribution is -0.189. The molecule has 3 saturated carbocycles. The van der Waals surface area contributed by atoms with E-state index >= 15 is 0 Å². The van der Waals surface area contributed by atoms with Crippen LogP contribution in [0, 0.1) is 34.5 Å². The van der Waals surface area contributed by atoms with Crippen molar-refractivity contribution in [3.05, 3.63) is 23.8 Å². The largest absolute Gasteiger partial charge is 0.395 e. The zero-order valence-electron chi connectivity index (χ0n) is 14.5. The van der Waals surface area contributed by atoms with Crippen LogP contribution in [0.15, 0.2) is 23.8 Å². The van der Waals surface area contributed by atoms with Gasteiger partial charge < -0.3 is 0 Å². The number of fused-ring (bicyclic) bond motifs is 5. The molecule has 0 aliphatic heterocycles. The molecule has 4 aliphatic rings. The highest BCUT2D eigenvalue weighted by atomic mass is 19.4. The van der Waals surface area contributed by atoms with Gasteiger partial charge in [0.1, 0.15) is 5.78 Å². The van der Waals surface area contributed by atoms with Crippen molar-refractivity contribution in [2.45, 2.75) is 52.1 Å². The van der Waals surface area contributed by atoms with E-state index in [1.165, 1.54) is 12.2 Å². The number of alkyl halides is 3. The Morgan fingerprint density at radius 3 is 2.52 bits per heavy atom. The Morgan fingerprint density at radius 2 is 1.84 bits per heavy atom. The number of halogens is 3. The lowest BCUT2D eigenvalue weighted by atomic mass is 9.46. The Kier molecular flexibility index (Phi) is 3.46. The molecule has 5 heteroatoms. The third-order valence-corrected chi connectivity index (χ3v) is 7.71. The molecule has 136 valence electrons. The highest BCUT2D eigenvalue weighted by Gasteiger charge is 2.63. The lowest BCUT2D eigenvalue weighted by Crippen LogP contribution is -2.53. The minimum Gasteiger partial charge on any atom is -0.299 e. The lowest BCUT2D eigenvalue weighted by Gasteiger charge is -2.57. The minimum absolute atomic E-state index is 0.0181. The molecule has 0 aromatic carbocycles. The summed E-state index contributed by atoms with van der Waals surface area (Å²) < 4.78 is 41.5. The summed E-state index contributed by atoms with van der Waals surface area (Å²) in [5.74, 6) is -1.71. The van der Waals surface area contributed by atoms with Crippen molar-refractivity contribution >= 4 is 11.6 Å². The number of ketones is 2. The smallest absolute Gasteiger partial charge is 0.299 e. The van der Waals surface area contributed by atoms with Crippen LogP contribution in [0.5, 0.6) is 0 Å². The van der Waals surface area contributed by atoms with Crippen molar-refractivity contribution in [2.24, 2.45) is 34.5 Å². The van der Waals surface area contributed by atoms with Gasteiger partial charge in [0, 0.05) is 17.3 Å². The van der Waals surface area contributed by atoms with Gasteiger partial charge in [0.2, 0.25) is 0 Å². The molecule has 2 nitrogen and oxygen atoms in total. The molecular formula is C20H23F3O2. The van der Waals surface area contributed by atoms with Crippen LogP contribution in [0.2, 0.25) is 0 Å². The fourth-order valence-electron chi connectivity index (χ4n) is 6.36. The summed E-state index contributed by atoms with van der Waals surface area (Å²) in [4.78, 5) is 24.2. The van der Waals surface area contributed by atoms with Crippen molar-refractivity contribution in [3.63, 3.8) is 0 Å². The third-order valence-electron chi connectivity index (χ3n) is 7.71. The first-order chi connectivity index (χ1) is 11.6. The number of Topliss-reactive ketones (excluding diaryl/α,β-unsaturated/α-hetero) is 1.